The van der Waals surface area contributed by atoms with Crippen molar-refractivity contribution in [3.8, 4) is 0 Å². The molecule has 1 aromatic heterocycles. The van der Waals surface area contributed by atoms with Gasteiger partial charge in [0, 0.05) is 24.1 Å². The molecule has 0 N–H and O–H groups in total. The number of aromatic nitrogens is 2. The van der Waals surface area contributed by atoms with Crippen LogP contribution in [0.1, 0.15) is 12.0 Å². The normalized spacial score (nSPS) is 25.3. The molecule has 0 spiro atoms. The van der Waals surface area contributed by atoms with Crippen molar-refractivity contribution in [3.05, 3.63) is 54.4 Å². The number of nitrogens with zero attached hydrogens (tertiary/aromatic N) is 2. The van der Waals surface area contributed by atoms with Gasteiger partial charge in [-0.05, 0) is 17.7 Å². The fourth-order valence-electron chi connectivity index (χ4n) is 2.53. The van der Waals surface area contributed by atoms with Gasteiger partial charge in [-0.1, -0.05) is 28.1 Å². The Balaban J connectivity index is 1.89. The van der Waals surface area contributed by atoms with E-state index in [9.17, 15) is 4.39 Å². The van der Waals surface area contributed by atoms with E-state index in [0.29, 0.717) is 13.2 Å². The van der Waals surface area contributed by atoms with Crippen LogP contribution >= 0.6 is 15.9 Å². The Labute approximate surface area is 131 Å². The zero-order chi connectivity index (χ0) is 14.7. The van der Waals surface area contributed by atoms with E-state index >= 15 is 0 Å². The van der Waals surface area contributed by atoms with Gasteiger partial charge in [0.05, 0.1) is 19.5 Å². The summed E-state index contributed by atoms with van der Waals surface area (Å²) in [6.07, 6.45) is 5.87. The average molecular weight is 355 g/mol. The molecule has 2 unspecified atom stereocenters. The number of hydrogen-bond donors (Lipinski definition) is 0. The highest BCUT2D eigenvalue weighted by Crippen LogP contribution is 2.36. The molecular formula is C15H16BrFN2O2. The van der Waals surface area contributed by atoms with E-state index in [2.05, 4.69) is 20.9 Å². The second-order valence-corrected chi connectivity index (χ2v) is 5.87. The van der Waals surface area contributed by atoms with Gasteiger partial charge in [-0.15, -0.1) is 0 Å². The Morgan fingerprint density at radius 2 is 2.19 bits per heavy atom. The molecule has 0 radical (unpaired) electrons. The smallest absolute Gasteiger partial charge is 0.159 e. The van der Waals surface area contributed by atoms with Gasteiger partial charge in [0.25, 0.3) is 0 Å². The number of imidazole rings is 1. The molecule has 0 bridgehead atoms. The zero-order valence-electron chi connectivity index (χ0n) is 11.4. The van der Waals surface area contributed by atoms with Crippen LogP contribution in [0.4, 0.5) is 4.39 Å². The third-order valence-electron chi connectivity index (χ3n) is 3.57. The van der Waals surface area contributed by atoms with E-state index in [0.717, 1.165) is 17.3 Å². The van der Waals surface area contributed by atoms with Crippen LogP contribution < -0.4 is 0 Å². The average Bonchev–Trinajstić information content (AvgIpc) is 3.11. The lowest BCUT2D eigenvalue weighted by Gasteiger charge is -2.28. The standard InChI is InChI=1S/C15H16BrFN2O2/c16-6-5-14-20-10-15(21-14,9-19-8-7-18-11-19)12-1-3-13(17)4-2-12/h1-4,7-8,11,14H,5-6,9-10H2. The van der Waals surface area contributed by atoms with Gasteiger partial charge in [0.1, 0.15) is 11.4 Å². The molecule has 2 aromatic rings. The minimum atomic E-state index is -0.610. The first-order valence-electron chi connectivity index (χ1n) is 6.79. The van der Waals surface area contributed by atoms with Crippen LogP contribution in [0.3, 0.4) is 0 Å². The lowest BCUT2D eigenvalue weighted by atomic mass is 9.94. The molecule has 1 saturated heterocycles. The molecule has 3 rings (SSSR count). The van der Waals surface area contributed by atoms with Crippen LogP contribution in [0.15, 0.2) is 43.0 Å². The maximum absolute atomic E-state index is 13.2. The topological polar surface area (TPSA) is 36.3 Å². The maximum Gasteiger partial charge on any atom is 0.159 e. The Bertz CT molecular complexity index is 576. The summed E-state index contributed by atoms with van der Waals surface area (Å²) in [7, 11) is 0. The molecule has 21 heavy (non-hydrogen) atoms. The molecule has 2 heterocycles. The summed E-state index contributed by atoms with van der Waals surface area (Å²) in [6.45, 7) is 1.02. The largest absolute Gasteiger partial charge is 0.349 e. The van der Waals surface area contributed by atoms with E-state index in [1.807, 2.05) is 10.8 Å². The second kappa shape index (κ2) is 6.25. The monoisotopic (exact) mass is 354 g/mol. The molecule has 1 aliphatic heterocycles. The van der Waals surface area contributed by atoms with Crippen molar-refractivity contribution in [1.82, 2.24) is 9.55 Å². The SMILES string of the molecule is Fc1ccc(C2(Cn3ccnc3)COC(CCBr)O2)cc1. The van der Waals surface area contributed by atoms with E-state index < -0.39 is 5.60 Å². The van der Waals surface area contributed by atoms with Crippen molar-refractivity contribution in [2.75, 3.05) is 11.9 Å². The fraction of sp³-hybridized carbons (Fsp3) is 0.400. The van der Waals surface area contributed by atoms with Gasteiger partial charge in [-0.3, -0.25) is 0 Å². The number of ether oxygens (including phenoxy) is 2. The molecule has 2 atom stereocenters. The summed E-state index contributed by atoms with van der Waals surface area (Å²) < 4.78 is 27.1. The highest BCUT2D eigenvalue weighted by Gasteiger charge is 2.43. The third-order valence-corrected chi connectivity index (χ3v) is 4.03. The van der Waals surface area contributed by atoms with Crippen LogP contribution in [0.25, 0.3) is 0 Å². The van der Waals surface area contributed by atoms with Gasteiger partial charge in [0.2, 0.25) is 0 Å². The molecule has 0 aliphatic carbocycles. The first kappa shape index (κ1) is 14.7. The Morgan fingerprint density at radius 3 is 2.86 bits per heavy atom. The Hall–Kier alpha value is -1.24. The van der Waals surface area contributed by atoms with Crippen molar-refractivity contribution in [2.45, 2.75) is 24.9 Å². The number of alkyl halides is 1. The summed E-state index contributed by atoms with van der Waals surface area (Å²) >= 11 is 3.40. The Kier molecular flexibility index (Phi) is 4.37. The molecule has 1 fully saturated rings. The van der Waals surface area contributed by atoms with Crippen LogP contribution in [0.2, 0.25) is 0 Å². The number of benzene rings is 1. The highest BCUT2D eigenvalue weighted by atomic mass is 79.9. The van der Waals surface area contributed by atoms with E-state index in [1.165, 1.54) is 12.1 Å². The molecular weight excluding hydrogens is 339 g/mol. The summed E-state index contributed by atoms with van der Waals surface area (Å²) in [5, 5.41) is 0.808. The molecule has 4 nitrogen and oxygen atoms in total. The van der Waals surface area contributed by atoms with Crippen LogP contribution in [-0.4, -0.2) is 27.8 Å². The number of halogens is 2. The van der Waals surface area contributed by atoms with Crippen molar-refractivity contribution in [2.24, 2.45) is 0 Å². The summed E-state index contributed by atoms with van der Waals surface area (Å²) in [5.41, 5.74) is 0.302. The number of rotatable bonds is 5. The van der Waals surface area contributed by atoms with Gasteiger partial charge in [0.15, 0.2) is 6.29 Å². The van der Waals surface area contributed by atoms with E-state index in [-0.39, 0.29) is 12.1 Å². The van der Waals surface area contributed by atoms with Crippen molar-refractivity contribution in [3.63, 3.8) is 0 Å². The van der Waals surface area contributed by atoms with Crippen molar-refractivity contribution < 1.29 is 13.9 Å². The fourth-order valence-corrected chi connectivity index (χ4v) is 2.91. The molecule has 1 aromatic carbocycles. The predicted molar refractivity (Wildman–Crippen MR) is 79.5 cm³/mol. The molecule has 6 heteroatoms. The molecule has 1 aliphatic rings. The zero-order valence-corrected chi connectivity index (χ0v) is 13.0. The minimum absolute atomic E-state index is 0.252. The Morgan fingerprint density at radius 1 is 1.38 bits per heavy atom. The highest BCUT2D eigenvalue weighted by molar-refractivity contribution is 9.09. The lowest BCUT2D eigenvalue weighted by Crippen LogP contribution is -2.34. The summed E-state index contributed by atoms with van der Waals surface area (Å²) in [5.74, 6) is -0.257. The van der Waals surface area contributed by atoms with Crippen LogP contribution in [0, 0.1) is 5.82 Å². The van der Waals surface area contributed by atoms with E-state index in [1.54, 1.807) is 24.7 Å². The molecule has 112 valence electrons. The van der Waals surface area contributed by atoms with Gasteiger partial charge in [-0.25, -0.2) is 9.37 Å². The first-order chi connectivity index (χ1) is 10.2. The van der Waals surface area contributed by atoms with Gasteiger partial charge in [-0.2, -0.15) is 0 Å². The van der Waals surface area contributed by atoms with Crippen molar-refractivity contribution >= 4 is 15.9 Å². The van der Waals surface area contributed by atoms with Crippen molar-refractivity contribution in [1.29, 1.82) is 0 Å². The first-order valence-corrected chi connectivity index (χ1v) is 7.91. The minimum Gasteiger partial charge on any atom is -0.349 e. The third kappa shape index (κ3) is 3.17. The number of hydrogen-bond acceptors (Lipinski definition) is 3. The van der Waals surface area contributed by atoms with Gasteiger partial charge < -0.3 is 14.0 Å². The van der Waals surface area contributed by atoms with Gasteiger partial charge >= 0.3 is 0 Å². The quantitative estimate of drug-likeness (QED) is 0.774. The second-order valence-electron chi connectivity index (χ2n) is 5.07. The lowest BCUT2D eigenvalue weighted by molar-refractivity contribution is -0.0975. The summed E-state index contributed by atoms with van der Waals surface area (Å²) in [6, 6.07) is 6.41. The van der Waals surface area contributed by atoms with Crippen LogP contribution in [0.5, 0.6) is 0 Å². The molecule has 0 saturated carbocycles. The van der Waals surface area contributed by atoms with E-state index in [4.69, 9.17) is 9.47 Å². The summed E-state index contributed by atoms with van der Waals surface area (Å²) in [4.78, 5) is 4.06. The predicted octanol–water partition coefficient (Wildman–Crippen LogP) is 3.08. The van der Waals surface area contributed by atoms with Crippen LogP contribution in [-0.2, 0) is 21.6 Å². The maximum atomic E-state index is 13.2. The molecule has 0 amide bonds.